The highest BCUT2D eigenvalue weighted by Crippen LogP contribution is 2.32. The molecule has 0 aliphatic carbocycles. The molecule has 7 heteroatoms. The van der Waals surface area contributed by atoms with E-state index in [0.29, 0.717) is 5.75 Å². The van der Waals surface area contributed by atoms with E-state index in [1.807, 2.05) is 0 Å². The Morgan fingerprint density at radius 1 is 1.18 bits per heavy atom. The molecule has 0 fully saturated rings. The number of nitro groups is 1. The predicted molar refractivity (Wildman–Crippen MR) is 75.0 cm³/mol. The van der Waals surface area contributed by atoms with Gasteiger partial charge in [-0.1, -0.05) is 6.07 Å². The summed E-state index contributed by atoms with van der Waals surface area (Å²) < 4.78 is 37.8. The summed E-state index contributed by atoms with van der Waals surface area (Å²) in [5.41, 5.74) is -0.526. The van der Waals surface area contributed by atoms with Crippen LogP contribution in [-0.4, -0.2) is 12.0 Å². The minimum Gasteiger partial charge on any atom is -0.496 e. The van der Waals surface area contributed by atoms with Gasteiger partial charge in [0.2, 0.25) is 5.82 Å². The maximum absolute atomic E-state index is 13.9. The van der Waals surface area contributed by atoms with Crippen molar-refractivity contribution in [3.63, 3.8) is 0 Å². The zero-order chi connectivity index (χ0) is 16.3. The number of benzene rings is 2. The van der Waals surface area contributed by atoms with E-state index in [1.165, 1.54) is 25.3 Å². The standard InChI is InChI=1S/C15H13F2NO4/c1-9(15-12(17)4-3-5-14(15)21-2)22-10-6-7-11(16)13(8-10)18(19)20/h3-9H,1-2H3. The van der Waals surface area contributed by atoms with Crippen molar-refractivity contribution in [3.05, 3.63) is 63.7 Å². The van der Waals surface area contributed by atoms with Crippen LogP contribution in [0.15, 0.2) is 36.4 Å². The zero-order valence-corrected chi connectivity index (χ0v) is 11.9. The monoisotopic (exact) mass is 309 g/mol. The number of methoxy groups -OCH3 is 1. The lowest BCUT2D eigenvalue weighted by Crippen LogP contribution is -2.08. The molecular weight excluding hydrogens is 296 g/mol. The molecular formula is C15H13F2NO4. The fourth-order valence-electron chi connectivity index (χ4n) is 2.06. The highest BCUT2D eigenvalue weighted by molar-refractivity contribution is 5.41. The normalized spacial score (nSPS) is 11.8. The molecule has 0 aliphatic heterocycles. The van der Waals surface area contributed by atoms with Gasteiger partial charge in [-0.05, 0) is 31.2 Å². The van der Waals surface area contributed by atoms with Crippen molar-refractivity contribution in [1.29, 1.82) is 0 Å². The molecule has 22 heavy (non-hydrogen) atoms. The van der Waals surface area contributed by atoms with E-state index in [0.717, 1.165) is 12.1 Å². The first-order valence-corrected chi connectivity index (χ1v) is 6.37. The zero-order valence-electron chi connectivity index (χ0n) is 11.9. The molecule has 0 radical (unpaired) electrons. The van der Waals surface area contributed by atoms with Gasteiger partial charge < -0.3 is 9.47 Å². The SMILES string of the molecule is COc1cccc(F)c1C(C)Oc1ccc(F)c([N+](=O)[O-])c1. The first-order valence-electron chi connectivity index (χ1n) is 6.37. The minimum atomic E-state index is -0.964. The molecule has 0 spiro atoms. The quantitative estimate of drug-likeness (QED) is 0.618. The van der Waals surface area contributed by atoms with Crippen LogP contribution in [0.5, 0.6) is 11.5 Å². The second kappa shape index (κ2) is 6.38. The smallest absolute Gasteiger partial charge is 0.308 e. The number of hydrogen-bond donors (Lipinski definition) is 0. The van der Waals surface area contributed by atoms with Crippen molar-refractivity contribution in [2.75, 3.05) is 7.11 Å². The summed E-state index contributed by atoms with van der Waals surface area (Å²) in [6.07, 6.45) is -0.777. The largest absolute Gasteiger partial charge is 0.496 e. The van der Waals surface area contributed by atoms with Crippen molar-refractivity contribution in [3.8, 4) is 11.5 Å². The van der Waals surface area contributed by atoms with Crippen LogP contribution >= 0.6 is 0 Å². The summed E-state index contributed by atoms with van der Waals surface area (Å²) in [6.45, 7) is 1.57. The van der Waals surface area contributed by atoms with Crippen LogP contribution in [0, 0.1) is 21.7 Å². The number of halogens is 2. The summed E-state index contributed by atoms with van der Waals surface area (Å²) >= 11 is 0. The molecule has 1 atom stereocenters. The fraction of sp³-hybridized carbons (Fsp3) is 0.200. The Balaban J connectivity index is 2.32. The van der Waals surface area contributed by atoms with Gasteiger partial charge in [-0.2, -0.15) is 4.39 Å². The van der Waals surface area contributed by atoms with Gasteiger partial charge in [0.15, 0.2) is 0 Å². The Morgan fingerprint density at radius 3 is 2.55 bits per heavy atom. The van der Waals surface area contributed by atoms with Gasteiger partial charge in [0.25, 0.3) is 0 Å². The van der Waals surface area contributed by atoms with Gasteiger partial charge >= 0.3 is 5.69 Å². The van der Waals surface area contributed by atoms with Crippen LogP contribution in [0.25, 0.3) is 0 Å². The Morgan fingerprint density at radius 2 is 1.91 bits per heavy atom. The lowest BCUT2D eigenvalue weighted by Gasteiger charge is -2.18. The van der Waals surface area contributed by atoms with Crippen LogP contribution < -0.4 is 9.47 Å². The van der Waals surface area contributed by atoms with Crippen LogP contribution in [0.3, 0.4) is 0 Å². The molecule has 0 saturated heterocycles. The lowest BCUT2D eigenvalue weighted by atomic mass is 10.1. The topological polar surface area (TPSA) is 61.6 Å². The van der Waals surface area contributed by atoms with E-state index in [1.54, 1.807) is 13.0 Å². The number of hydrogen-bond acceptors (Lipinski definition) is 4. The number of rotatable bonds is 5. The van der Waals surface area contributed by atoms with Crippen LogP contribution in [0.4, 0.5) is 14.5 Å². The third-order valence-corrected chi connectivity index (χ3v) is 3.07. The Bertz CT molecular complexity index is 706. The molecule has 0 heterocycles. The van der Waals surface area contributed by atoms with Gasteiger partial charge in [-0.15, -0.1) is 0 Å². The van der Waals surface area contributed by atoms with E-state index in [2.05, 4.69) is 0 Å². The van der Waals surface area contributed by atoms with Crippen LogP contribution in [-0.2, 0) is 0 Å². The molecule has 0 aliphatic rings. The molecule has 0 saturated carbocycles. The van der Waals surface area contributed by atoms with Gasteiger partial charge in [-0.25, -0.2) is 4.39 Å². The molecule has 116 valence electrons. The highest BCUT2D eigenvalue weighted by Gasteiger charge is 2.20. The molecule has 2 aromatic rings. The average molecular weight is 309 g/mol. The van der Waals surface area contributed by atoms with E-state index < -0.39 is 28.3 Å². The van der Waals surface area contributed by atoms with Crippen molar-refractivity contribution >= 4 is 5.69 Å². The summed E-state index contributed by atoms with van der Waals surface area (Å²) in [7, 11) is 1.40. The van der Waals surface area contributed by atoms with Gasteiger partial charge in [0, 0.05) is 0 Å². The first kappa shape index (κ1) is 15.7. The van der Waals surface area contributed by atoms with Crippen molar-refractivity contribution in [1.82, 2.24) is 0 Å². The highest BCUT2D eigenvalue weighted by atomic mass is 19.1. The van der Waals surface area contributed by atoms with Crippen LogP contribution in [0.1, 0.15) is 18.6 Å². The average Bonchev–Trinajstić information content (AvgIpc) is 2.48. The van der Waals surface area contributed by atoms with E-state index >= 15 is 0 Å². The van der Waals surface area contributed by atoms with Gasteiger partial charge in [0.1, 0.15) is 23.4 Å². The van der Waals surface area contributed by atoms with Crippen molar-refractivity contribution in [2.24, 2.45) is 0 Å². The van der Waals surface area contributed by atoms with E-state index in [4.69, 9.17) is 9.47 Å². The fourth-order valence-corrected chi connectivity index (χ4v) is 2.06. The third kappa shape index (κ3) is 3.13. The molecule has 5 nitrogen and oxygen atoms in total. The van der Waals surface area contributed by atoms with E-state index in [-0.39, 0.29) is 11.3 Å². The maximum Gasteiger partial charge on any atom is 0.308 e. The summed E-state index contributed by atoms with van der Waals surface area (Å²) in [4.78, 5) is 9.86. The summed E-state index contributed by atoms with van der Waals surface area (Å²) in [6, 6.07) is 7.45. The maximum atomic E-state index is 13.9. The molecule has 0 amide bonds. The van der Waals surface area contributed by atoms with Crippen LogP contribution in [0.2, 0.25) is 0 Å². The molecule has 0 N–H and O–H groups in total. The van der Waals surface area contributed by atoms with Gasteiger partial charge in [-0.3, -0.25) is 10.1 Å². The Labute approximate surface area is 125 Å². The van der Waals surface area contributed by atoms with Crippen molar-refractivity contribution in [2.45, 2.75) is 13.0 Å². The third-order valence-electron chi connectivity index (χ3n) is 3.07. The second-order valence-corrected chi connectivity index (χ2v) is 4.49. The molecule has 0 bridgehead atoms. The Kier molecular flexibility index (Phi) is 4.55. The molecule has 2 rings (SSSR count). The minimum absolute atomic E-state index is 0.0610. The number of nitro benzene ring substituents is 1. The van der Waals surface area contributed by atoms with Crippen molar-refractivity contribution < 1.29 is 23.2 Å². The summed E-state index contributed by atoms with van der Waals surface area (Å²) in [5.74, 6) is -1.13. The van der Waals surface area contributed by atoms with Gasteiger partial charge in [0.05, 0.1) is 23.7 Å². The Hall–Kier alpha value is -2.70. The number of ether oxygens (including phenoxy) is 2. The molecule has 0 aromatic heterocycles. The predicted octanol–water partition coefficient (Wildman–Crippen LogP) is 4.02. The molecule has 1 unspecified atom stereocenters. The summed E-state index contributed by atoms with van der Waals surface area (Å²) in [5, 5.41) is 10.7. The molecule has 2 aromatic carbocycles. The van der Waals surface area contributed by atoms with E-state index in [9.17, 15) is 18.9 Å². The second-order valence-electron chi connectivity index (χ2n) is 4.49. The first-order chi connectivity index (χ1) is 10.4. The number of nitrogens with zero attached hydrogens (tertiary/aromatic N) is 1. The lowest BCUT2D eigenvalue weighted by molar-refractivity contribution is -0.387.